The molecule has 5 nitrogen and oxygen atoms in total. The molecule has 22 heavy (non-hydrogen) atoms. The van der Waals surface area contributed by atoms with Crippen molar-refractivity contribution in [1.82, 2.24) is 10.2 Å². The molecule has 5 heteroatoms. The SMILES string of the molecule is CCC1CCN(C(C)C(=O)NCc2ccc(C(=O)O)cc2)C1. The van der Waals surface area contributed by atoms with Gasteiger partial charge in [-0.1, -0.05) is 25.5 Å². The minimum Gasteiger partial charge on any atom is -0.478 e. The Morgan fingerprint density at radius 2 is 2.05 bits per heavy atom. The summed E-state index contributed by atoms with van der Waals surface area (Å²) in [6, 6.07) is 6.46. The molecule has 1 aliphatic heterocycles. The third-order valence-corrected chi connectivity index (χ3v) is 4.49. The van der Waals surface area contributed by atoms with Crippen molar-refractivity contribution in [2.45, 2.75) is 39.3 Å². The van der Waals surface area contributed by atoms with Crippen molar-refractivity contribution < 1.29 is 14.7 Å². The topological polar surface area (TPSA) is 69.6 Å². The maximum atomic E-state index is 12.2. The average Bonchev–Trinajstić information content (AvgIpc) is 3.01. The number of amides is 1. The number of hydrogen-bond donors (Lipinski definition) is 2. The molecule has 120 valence electrons. The summed E-state index contributed by atoms with van der Waals surface area (Å²) in [4.78, 5) is 25.3. The van der Waals surface area contributed by atoms with Crippen LogP contribution in [0.15, 0.2) is 24.3 Å². The molecule has 0 bridgehead atoms. The van der Waals surface area contributed by atoms with Gasteiger partial charge in [0.2, 0.25) is 5.91 Å². The quantitative estimate of drug-likeness (QED) is 0.844. The third kappa shape index (κ3) is 4.07. The Morgan fingerprint density at radius 1 is 1.36 bits per heavy atom. The first kappa shape index (κ1) is 16.5. The number of carboxylic acid groups (broad SMARTS) is 1. The average molecular weight is 304 g/mol. The number of carboxylic acids is 1. The van der Waals surface area contributed by atoms with Gasteiger partial charge in [0.1, 0.15) is 0 Å². The van der Waals surface area contributed by atoms with Crippen LogP contribution in [0.4, 0.5) is 0 Å². The van der Waals surface area contributed by atoms with E-state index in [1.807, 2.05) is 6.92 Å². The Bertz CT molecular complexity index is 527. The van der Waals surface area contributed by atoms with Crippen LogP contribution in [-0.4, -0.2) is 41.0 Å². The van der Waals surface area contributed by atoms with E-state index < -0.39 is 5.97 Å². The maximum absolute atomic E-state index is 12.2. The van der Waals surface area contributed by atoms with Gasteiger partial charge in [-0.15, -0.1) is 0 Å². The normalized spacial score (nSPS) is 19.8. The van der Waals surface area contributed by atoms with Gasteiger partial charge in [-0.25, -0.2) is 4.79 Å². The largest absolute Gasteiger partial charge is 0.478 e. The molecule has 0 saturated carbocycles. The molecule has 1 heterocycles. The van der Waals surface area contributed by atoms with Gasteiger partial charge in [-0.05, 0) is 43.5 Å². The Hall–Kier alpha value is -1.88. The number of hydrogen-bond acceptors (Lipinski definition) is 3. The number of benzene rings is 1. The number of likely N-dealkylation sites (tertiary alicyclic amines) is 1. The van der Waals surface area contributed by atoms with Gasteiger partial charge in [0.05, 0.1) is 11.6 Å². The summed E-state index contributed by atoms with van der Waals surface area (Å²) in [6.07, 6.45) is 2.34. The third-order valence-electron chi connectivity index (χ3n) is 4.49. The number of carbonyl (C=O) groups excluding carboxylic acids is 1. The van der Waals surface area contributed by atoms with Crippen LogP contribution >= 0.6 is 0 Å². The summed E-state index contributed by atoms with van der Waals surface area (Å²) in [5.74, 6) is -0.207. The lowest BCUT2D eigenvalue weighted by molar-refractivity contribution is -0.125. The van der Waals surface area contributed by atoms with Crippen LogP contribution in [0.3, 0.4) is 0 Å². The molecular formula is C17H24N2O3. The van der Waals surface area contributed by atoms with Crippen LogP contribution in [0, 0.1) is 5.92 Å². The minimum absolute atomic E-state index is 0.0269. The summed E-state index contributed by atoms with van der Waals surface area (Å²) in [6.45, 7) is 6.55. The van der Waals surface area contributed by atoms with Crippen molar-refractivity contribution >= 4 is 11.9 Å². The van der Waals surface area contributed by atoms with E-state index in [1.165, 1.54) is 12.8 Å². The summed E-state index contributed by atoms with van der Waals surface area (Å²) in [7, 11) is 0. The molecular weight excluding hydrogens is 280 g/mol. The predicted molar refractivity (Wildman–Crippen MR) is 84.7 cm³/mol. The van der Waals surface area contributed by atoms with Gasteiger partial charge in [0, 0.05) is 13.1 Å². The lowest BCUT2D eigenvalue weighted by atomic mass is 10.1. The smallest absolute Gasteiger partial charge is 0.335 e. The van der Waals surface area contributed by atoms with Gasteiger partial charge in [-0.2, -0.15) is 0 Å². The number of rotatable bonds is 6. The molecule has 0 radical (unpaired) electrons. The Labute approximate surface area is 131 Å². The zero-order chi connectivity index (χ0) is 16.1. The van der Waals surface area contributed by atoms with Crippen molar-refractivity contribution in [3.63, 3.8) is 0 Å². The molecule has 2 N–H and O–H groups in total. The fourth-order valence-electron chi connectivity index (χ4n) is 2.82. The number of nitrogens with one attached hydrogen (secondary N) is 1. The van der Waals surface area contributed by atoms with E-state index in [1.54, 1.807) is 24.3 Å². The van der Waals surface area contributed by atoms with Crippen LogP contribution in [0.25, 0.3) is 0 Å². The molecule has 2 rings (SSSR count). The molecule has 1 aliphatic rings. The Morgan fingerprint density at radius 3 is 2.59 bits per heavy atom. The van der Waals surface area contributed by atoms with Gasteiger partial charge < -0.3 is 10.4 Å². The molecule has 1 aromatic rings. The summed E-state index contributed by atoms with van der Waals surface area (Å²) in [5, 5.41) is 11.8. The molecule has 1 amide bonds. The second-order valence-corrected chi connectivity index (χ2v) is 5.95. The standard InChI is InChI=1S/C17H24N2O3/c1-3-13-8-9-19(11-13)12(2)16(20)18-10-14-4-6-15(7-5-14)17(21)22/h4-7,12-13H,3,8-11H2,1-2H3,(H,18,20)(H,21,22). The lowest BCUT2D eigenvalue weighted by Crippen LogP contribution is -2.43. The van der Waals surface area contributed by atoms with E-state index in [4.69, 9.17) is 5.11 Å². The van der Waals surface area contributed by atoms with Crippen LogP contribution < -0.4 is 5.32 Å². The Balaban J connectivity index is 1.83. The first-order chi connectivity index (χ1) is 10.5. The highest BCUT2D eigenvalue weighted by atomic mass is 16.4. The fourth-order valence-corrected chi connectivity index (χ4v) is 2.82. The number of aromatic carboxylic acids is 1. The van der Waals surface area contributed by atoms with Gasteiger partial charge in [0.15, 0.2) is 0 Å². The molecule has 1 saturated heterocycles. The summed E-state index contributed by atoms with van der Waals surface area (Å²) < 4.78 is 0. The van der Waals surface area contributed by atoms with E-state index in [-0.39, 0.29) is 17.5 Å². The van der Waals surface area contributed by atoms with Crippen molar-refractivity contribution in [2.24, 2.45) is 5.92 Å². The second-order valence-electron chi connectivity index (χ2n) is 5.95. The van der Waals surface area contributed by atoms with Gasteiger partial charge in [-0.3, -0.25) is 9.69 Å². The molecule has 1 aromatic carbocycles. The minimum atomic E-state index is -0.941. The number of nitrogens with zero attached hydrogens (tertiary/aromatic N) is 1. The summed E-state index contributed by atoms with van der Waals surface area (Å²) in [5.41, 5.74) is 1.16. The Kier molecular flexibility index (Phi) is 5.55. The monoisotopic (exact) mass is 304 g/mol. The van der Waals surface area contributed by atoms with Crippen LogP contribution in [0.5, 0.6) is 0 Å². The highest BCUT2D eigenvalue weighted by Gasteiger charge is 2.28. The zero-order valence-corrected chi connectivity index (χ0v) is 13.2. The highest BCUT2D eigenvalue weighted by Crippen LogP contribution is 2.21. The summed E-state index contributed by atoms with van der Waals surface area (Å²) >= 11 is 0. The highest BCUT2D eigenvalue weighted by molar-refractivity contribution is 5.87. The second kappa shape index (κ2) is 7.40. The van der Waals surface area contributed by atoms with E-state index in [0.717, 1.165) is 18.7 Å². The van der Waals surface area contributed by atoms with E-state index in [9.17, 15) is 9.59 Å². The number of carbonyl (C=O) groups is 2. The van der Waals surface area contributed by atoms with Crippen molar-refractivity contribution in [3.05, 3.63) is 35.4 Å². The predicted octanol–water partition coefficient (Wildman–Crippen LogP) is 2.12. The first-order valence-corrected chi connectivity index (χ1v) is 7.85. The molecule has 0 aliphatic carbocycles. The molecule has 2 unspecified atom stereocenters. The van der Waals surface area contributed by atoms with Crippen LogP contribution in [0.1, 0.15) is 42.6 Å². The molecule has 1 fully saturated rings. The van der Waals surface area contributed by atoms with E-state index in [0.29, 0.717) is 12.5 Å². The lowest BCUT2D eigenvalue weighted by Gasteiger charge is -2.23. The first-order valence-electron chi connectivity index (χ1n) is 7.85. The molecule has 0 aromatic heterocycles. The molecule has 2 atom stereocenters. The maximum Gasteiger partial charge on any atom is 0.335 e. The zero-order valence-electron chi connectivity index (χ0n) is 13.2. The van der Waals surface area contributed by atoms with Crippen LogP contribution in [0.2, 0.25) is 0 Å². The molecule has 0 spiro atoms. The van der Waals surface area contributed by atoms with Crippen molar-refractivity contribution in [2.75, 3.05) is 13.1 Å². The van der Waals surface area contributed by atoms with Crippen LogP contribution in [-0.2, 0) is 11.3 Å². The fraction of sp³-hybridized carbons (Fsp3) is 0.529. The van der Waals surface area contributed by atoms with E-state index >= 15 is 0 Å². The van der Waals surface area contributed by atoms with Crippen molar-refractivity contribution in [3.8, 4) is 0 Å². The van der Waals surface area contributed by atoms with Gasteiger partial charge in [0.25, 0.3) is 0 Å². The van der Waals surface area contributed by atoms with E-state index in [2.05, 4.69) is 17.1 Å². The van der Waals surface area contributed by atoms with Gasteiger partial charge >= 0.3 is 5.97 Å². The van der Waals surface area contributed by atoms with Crippen molar-refractivity contribution in [1.29, 1.82) is 0 Å².